The van der Waals surface area contributed by atoms with Gasteiger partial charge in [0.05, 0.1) is 31.1 Å². The summed E-state index contributed by atoms with van der Waals surface area (Å²) in [5, 5.41) is 3.02. The zero-order valence-electron chi connectivity index (χ0n) is 11.3. The molecule has 0 saturated heterocycles. The number of pyridine rings is 1. The van der Waals surface area contributed by atoms with E-state index in [0.717, 1.165) is 0 Å². The van der Waals surface area contributed by atoms with E-state index in [4.69, 9.17) is 15.2 Å². The first-order valence-electron chi connectivity index (χ1n) is 5.72. The summed E-state index contributed by atoms with van der Waals surface area (Å²) in [6.45, 7) is 0.909. The molecule has 0 saturated carbocycles. The Kier molecular flexibility index (Phi) is 6.04. The Labute approximate surface area is 112 Å². The van der Waals surface area contributed by atoms with E-state index in [-0.39, 0.29) is 17.4 Å². The van der Waals surface area contributed by atoms with Crippen LogP contribution >= 0.6 is 0 Å². The molecule has 3 N–H and O–H groups in total. The van der Waals surface area contributed by atoms with Crippen molar-refractivity contribution in [3.63, 3.8) is 0 Å². The summed E-state index contributed by atoms with van der Waals surface area (Å²) in [6.07, 6.45) is 1.36. The molecule has 0 radical (unpaired) electrons. The van der Waals surface area contributed by atoms with Crippen LogP contribution in [0.3, 0.4) is 0 Å². The van der Waals surface area contributed by atoms with Gasteiger partial charge in [-0.25, -0.2) is 9.78 Å². The van der Waals surface area contributed by atoms with Gasteiger partial charge in [0.15, 0.2) is 0 Å². The lowest BCUT2D eigenvalue weighted by Crippen LogP contribution is -2.27. The second-order valence-electron chi connectivity index (χ2n) is 3.81. The summed E-state index contributed by atoms with van der Waals surface area (Å²) >= 11 is 0. The minimum absolute atomic E-state index is 0.131. The van der Waals surface area contributed by atoms with Gasteiger partial charge in [-0.2, -0.15) is 0 Å². The standard InChI is InChI=1S/C12H19N3O4/c1-17-7-8(18-2)6-15-11-10(13)9(4-5-14-11)12(16)19-3/h4-5,8H,6-7,13H2,1-3H3,(H,14,15). The third-order valence-electron chi connectivity index (χ3n) is 2.58. The van der Waals surface area contributed by atoms with Crippen LogP contribution in [-0.2, 0) is 14.2 Å². The summed E-state index contributed by atoms with van der Waals surface area (Å²) < 4.78 is 14.8. The molecule has 1 heterocycles. The molecule has 0 aliphatic heterocycles. The zero-order valence-corrected chi connectivity index (χ0v) is 11.3. The number of esters is 1. The van der Waals surface area contributed by atoms with Crippen LogP contribution in [-0.4, -0.2) is 51.5 Å². The average molecular weight is 269 g/mol. The maximum absolute atomic E-state index is 11.5. The summed E-state index contributed by atoms with van der Waals surface area (Å²) in [4.78, 5) is 15.6. The maximum atomic E-state index is 11.5. The highest BCUT2D eigenvalue weighted by molar-refractivity contribution is 5.97. The normalized spacial score (nSPS) is 11.9. The Morgan fingerprint density at radius 2 is 2.21 bits per heavy atom. The van der Waals surface area contributed by atoms with Crippen LogP contribution in [0.1, 0.15) is 10.4 Å². The van der Waals surface area contributed by atoms with Crippen molar-refractivity contribution in [1.29, 1.82) is 0 Å². The quantitative estimate of drug-likeness (QED) is 0.697. The first kappa shape index (κ1) is 15.2. The van der Waals surface area contributed by atoms with E-state index in [1.54, 1.807) is 14.2 Å². The van der Waals surface area contributed by atoms with Gasteiger partial charge in [-0.1, -0.05) is 0 Å². The van der Waals surface area contributed by atoms with Crippen molar-refractivity contribution in [3.05, 3.63) is 17.8 Å². The van der Waals surface area contributed by atoms with Gasteiger partial charge in [-0.15, -0.1) is 0 Å². The number of nitrogens with one attached hydrogen (secondary N) is 1. The molecule has 1 aromatic heterocycles. The van der Waals surface area contributed by atoms with Gasteiger partial charge >= 0.3 is 5.97 Å². The minimum Gasteiger partial charge on any atom is -0.465 e. The van der Waals surface area contributed by atoms with E-state index in [1.165, 1.54) is 19.4 Å². The smallest absolute Gasteiger partial charge is 0.340 e. The molecule has 0 spiro atoms. The second kappa shape index (κ2) is 7.55. The van der Waals surface area contributed by atoms with E-state index in [1.807, 2.05) is 0 Å². The second-order valence-corrected chi connectivity index (χ2v) is 3.81. The van der Waals surface area contributed by atoms with Gasteiger partial charge in [-0.05, 0) is 6.07 Å². The molecule has 0 fully saturated rings. The Balaban J connectivity index is 2.76. The fourth-order valence-corrected chi connectivity index (χ4v) is 1.51. The number of nitrogen functional groups attached to an aromatic ring is 1. The highest BCUT2D eigenvalue weighted by atomic mass is 16.5. The molecule has 7 nitrogen and oxygen atoms in total. The van der Waals surface area contributed by atoms with Crippen LogP contribution in [0.5, 0.6) is 0 Å². The third kappa shape index (κ3) is 4.08. The van der Waals surface area contributed by atoms with Crippen LogP contribution in [0.2, 0.25) is 0 Å². The molecule has 19 heavy (non-hydrogen) atoms. The van der Waals surface area contributed by atoms with Crippen molar-refractivity contribution >= 4 is 17.5 Å². The number of nitrogens with zero attached hydrogens (tertiary/aromatic N) is 1. The van der Waals surface area contributed by atoms with Gasteiger partial charge in [0, 0.05) is 27.0 Å². The van der Waals surface area contributed by atoms with Gasteiger partial charge in [-0.3, -0.25) is 0 Å². The molecular formula is C12H19N3O4. The van der Waals surface area contributed by atoms with Gasteiger partial charge in [0.2, 0.25) is 0 Å². The van der Waals surface area contributed by atoms with E-state index in [0.29, 0.717) is 19.0 Å². The number of methoxy groups -OCH3 is 3. The maximum Gasteiger partial charge on any atom is 0.340 e. The van der Waals surface area contributed by atoms with E-state index < -0.39 is 5.97 Å². The lowest BCUT2D eigenvalue weighted by atomic mass is 10.2. The minimum atomic E-state index is -0.497. The van der Waals surface area contributed by atoms with E-state index in [9.17, 15) is 4.79 Å². The number of aromatic nitrogens is 1. The molecule has 0 amide bonds. The Morgan fingerprint density at radius 3 is 2.79 bits per heavy atom. The molecule has 1 atom stereocenters. The zero-order chi connectivity index (χ0) is 14.3. The molecule has 0 aromatic carbocycles. The molecular weight excluding hydrogens is 250 g/mol. The topological polar surface area (TPSA) is 95.7 Å². The molecule has 1 unspecified atom stereocenters. The van der Waals surface area contributed by atoms with E-state index in [2.05, 4.69) is 15.0 Å². The number of ether oxygens (including phenoxy) is 3. The molecule has 106 valence electrons. The fourth-order valence-electron chi connectivity index (χ4n) is 1.51. The summed E-state index contributed by atoms with van der Waals surface area (Å²) in [5.74, 6) is -0.0795. The van der Waals surface area contributed by atoms with Gasteiger partial charge in [0.25, 0.3) is 0 Å². The Hall–Kier alpha value is -1.86. The first-order chi connectivity index (χ1) is 9.13. The van der Waals surface area contributed by atoms with Crippen LogP contribution in [0.25, 0.3) is 0 Å². The summed E-state index contributed by atoms with van der Waals surface area (Å²) in [6, 6.07) is 1.51. The monoisotopic (exact) mass is 269 g/mol. The molecule has 1 aromatic rings. The SMILES string of the molecule is COCC(CNc1nccc(C(=O)OC)c1N)OC. The summed E-state index contributed by atoms with van der Waals surface area (Å²) in [5.41, 5.74) is 6.39. The summed E-state index contributed by atoms with van der Waals surface area (Å²) in [7, 11) is 4.48. The van der Waals surface area contributed by atoms with Crippen LogP contribution in [0.15, 0.2) is 12.3 Å². The fraction of sp³-hybridized carbons (Fsp3) is 0.500. The third-order valence-corrected chi connectivity index (χ3v) is 2.58. The number of carbonyl (C=O) groups excluding carboxylic acids is 1. The number of hydrogen-bond acceptors (Lipinski definition) is 7. The molecule has 0 bridgehead atoms. The number of carbonyl (C=O) groups is 1. The molecule has 1 rings (SSSR count). The van der Waals surface area contributed by atoms with Crippen molar-refractivity contribution in [2.75, 3.05) is 45.5 Å². The largest absolute Gasteiger partial charge is 0.465 e. The Morgan fingerprint density at radius 1 is 1.47 bits per heavy atom. The average Bonchev–Trinajstić information content (AvgIpc) is 2.43. The van der Waals surface area contributed by atoms with Crippen molar-refractivity contribution in [3.8, 4) is 0 Å². The van der Waals surface area contributed by atoms with Crippen molar-refractivity contribution < 1.29 is 19.0 Å². The molecule has 7 heteroatoms. The lowest BCUT2D eigenvalue weighted by Gasteiger charge is -2.16. The van der Waals surface area contributed by atoms with E-state index >= 15 is 0 Å². The number of hydrogen-bond donors (Lipinski definition) is 2. The number of rotatable bonds is 7. The predicted octanol–water partition coefficient (Wildman–Crippen LogP) is 0.524. The van der Waals surface area contributed by atoms with Gasteiger partial charge < -0.3 is 25.3 Å². The lowest BCUT2D eigenvalue weighted by molar-refractivity contribution is 0.0365. The van der Waals surface area contributed by atoms with Crippen LogP contribution < -0.4 is 11.1 Å². The highest BCUT2D eigenvalue weighted by Crippen LogP contribution is 2.20. The van der Waals surface area contributed by atoms with Crippen LogP contribution in [0.4, 0.5) is 11.5 Å². The van der Waals surface area contributed by atoms with Gasteiger partial charge in [0.1, 0.15) is 5.82 Å². The molecule has 0 aliphatic carbocycles. The Bertz CT molecular complexity index is 425. The molecule has 0 aliphatic rings. The highest BCUT2D eigenvalue weighted by Gasteiger charge is 2.15. The van der Waals surface area contributed by atoms with Crippen molar-refractivity contribution in [1.82, 2.24) is 4.98 Å². The van der Waals surface area contributed by atoms with Crippen molar-refractivity contribution in [2.24, 2.45) is 0 Å². The number of anilines is 2. The number of nitrogens with two attached hydrogens (primary N) is 1. The predicted molar refractivity (Wildman–Crippen MR) is 71.2 cm³/mol. The first-order valence-corrected chi connectivity index (χ1v) is 5.72. The van der Waals surface area contributed by atoms with Crippen molar-refractivity contribution in [2.45, 2.75) is 6.10 Å². The van der Waals surface area contributed by atoms with Crippen LogP contribution in [0, 0.1) is 0 Å².